The molecule has 0 saturated carbocycles. The fourth-order valence-electron chi connectivity index (χ4n) is 4.02. The normalized spacial score (nSPS) is 16.5. The number of benzene rings is 1. The zero-order valence-corrected chi connectivity index (χ0v) is 13.8. The van der Waals surface area contributed by atoms with E-state index in [0.717, 1.165) is 41.0 Å². The van der Waals surface area contributed by atoms with E-state index >= 15 is 0 Å². The third kappa shape index (κ3) is 1.94. The monoisotopic (exact) mass is 322 g/mol. The number of rotatable bonds is 0. The topological polar surface area (TPSA) is 34.9 Å². The summed E-state index contributed by atoms with van der Waals surface area (Å²) in [5, 5.41) is 0.906. The van der Waals surface area contributed by atoms with Crippen LogP contribution in [-0.4, -0.2) is 9.55 Å². The summed E-state index contributed by atoms with van der Waals surface area (Å²) in [4.78, 5) is 19.8. The molecule has 5 rings (SSSR count). The number of fused-ring (bicyclic) bond motifs is 7. The molecule has 1 aromatic carbocycles. The lowest BCUT2D eigenvalue weighted by atomic mass is 9.98. The molecule has 0 atom stereocenters. The summed E-state index contributed by atoms with van der Waals surface area (Å²) in [6.45, 7) is 0.842. The van der Waals surface area contributed by atoms with Crippen molar-refractivity contribution in [2.75, 3.05) is 0 Å². The molecule has 2 aliphatic rings. The van der Waals surface area contributed by atoms with Crippen LogP contribution in [0.2, 0.25) is 0 Å². The van der Waals surface area contributed by atoms with E-state index in [0.29, 0.717) is 0 Å². The van der Waals surface area contributed by atoms with Crippen LogP contribution in [0.4, 0.5) is 0 Å². The van der Waals surface area contributed by atoms with Gasteiger partial charge in [0.05, 0.1) is 11.9 Å². The largest absolute Gasteiger partial charge is 0.312 e. The molecule has 116 valence electrons. The summed E-state index contributed by atoms with van der Waals surface area (Å²) in [5.41, 5.74) is 3.66. The quantitative estimate of drug-likeness (QED) is 0.487. The van der Waals surface area contributed by atoms with Crippen molar-refractivity contribution in [1.29, 1.82) is 0 Å². The van der Waals surface area contributed by atoms with E-state index in [1.165, 1.54) is 41.7 Å². The van der Waals surface area contributed by atoms with Crippen LogP contribution < -0.4 is 5.56 Å². The Morgan fingerprint density at radius 1 is 1.04 bits per heavy atom. The minimum Gasteiger partial charge on any atom is -0.312 e. The van der Waals surface area contributed by atoms with Gasteiger partial charge in [-0.2, -0.15) is 4.98 Å². The molecule has 0 fully saturated rings. The molecule has 4 heteroatoms. The fourth-order valence-corrected chi connectivity index (χ4v) is 5.40. The van der Waals surface area contributed by atoms with Crippen molar-refractivity contribution in [3.8, 4) is 11.4 Å². The van der Waals surface area contributed by atoms with Crippen LogP contribution in [0, 0.1) is 0 Å². The van der Waals surface area contributed by atoms with E-state index in [1.54, 1.807) is 0 Å². The molecule has 3 aromatic rings. The van der Waals surface area contributed by atoms with Crippen molar-refractivity contribution >= 4 is 21.6 Å². The summed E-state index contributed by atoms with van der Waals surface area (Å²) in [6, 6.07) is 8.31. The van der Waals surface area contributed by atoms with Gasteiger partial charge in [0.15, 0.2) is 0 Å². The van der Waals surface area contributed by atoms with E-state index in [-0.39, 0.29) is 5.56 Å². The van der Waals surface area contributed by atoms with Crippen LogP contribution in [0.3, 0.4) is 0 Å². The van der Waals surface area contributed by atoms with E-state index in [9.17, 15) is 4.79 Å². The molecule has 0 saturated heterocycles. The van der Waals surface area contributed by atoms with E-state index in [4.69, 9.17) is 0 Å². The van der Waals surface area contributed by atoms with Gasteiger partial charge in [0.25, 0.3) is 5.56 Å². The van der Waals surface area contributed by atoms with Gasteiger partial charge < -0.3 is 4.57 Å². The zero-order chi connectivity index (χ0) is 15.4. The van der Waals surface area contributed by atoms with Gasteiger partial charge in [-0.3, -0.25) is 4.79 Å². The highest BCUT2D eigenvalue weighted by Gasteiger charge is 2.26. The van der Waals surface area contributed by atoms with Crippen molar-refractivity contribution < 1.29 is 0 Å². The molecule has 0 bridgehead atoms. The Morgan fingerprint density at radius 2 is 1.87 bits per heavy atom. The third-order valence-corrected chi connectivity index (χ3v) is 6.48. The number of thiophene rings is 1. The molecule has 0 radical (unpaired) electrons. The molecular weight excluding hydrogens is 304 g/mol. The maximum absolute atomic E-state index is 12.8. The maximum atomic E-state index is 12.8. The van der Waals surface area contributed by atoms with Gasteiger partial charge in [-0.05, 0) is 36.8 Å². The van der Waals surface area contributed by atoms with Crippen LogP contribution in [0.25, 0.3) is 21.6 Å². The Labute approximate surface area is 138 Å². The Bertz CT molecular complexity index is 983. The molecule has 3 nitrogen and oxygen atoms in total. The third-order valence-electron chi connectivity index (χ3n) is 5.16. The van der Waals surface area contributed by atoms with Crippen LogP contribution in [0.15, 0.2) is 29.1 Å². The molecule has 3 heterocycles. The van der Waals surface area contributed by atoms with E-state index < -0.39 is 0 Å². The van der Waals surface area contributed by atoms with Crippen molar-refractivity contribution in [1.82, 2.24) is 9.55 Å². The molecule has 1 aliphatic heterocycles. The Morgan fingerprint density at radius 3 is 2.78 bits per heavy atom. The van der Waals surface area contributed by atoms with Gasteiger partial charge in [0, 0.05) is 10.4 Å². The average molecular weight is 322 g/mol. The van der Waals surface area contributed by atoms with Crippen LogP contribution >= 0.6 is 11.3 Å². The summed E-state index contributed by atoms with van der Waals surface area (Å²) in [7, 11) is 0. The summed E-state index contributed by atoms with van der Waals surface area (Å²) in [6.07, 6.45) is 7.19. The second-order valence-electron chi connectivity index (χ2n) is 6.58. The molecule has 0 N–H and O–H groups in total. The van der Waals surface area contributed by atoms with Crippen molar-refractivity contribution in [3.05, 3.63) is 50.6 Å². The first kappa shape index (κ1) is 13.5. The fraction of sp³-hybridized carbons (Fsp3) is 0.368. The predicted molar refractivity (Wildman–Crippen MR) is 94.3 cm³/mol. The highest BCUT2D eigenvalue weighted by atomic mass is 32.1. The molecule has 2 aromatic heterocycles. The SMILES string of the molecule is O=c1nc2n(c3sc4c(c13)CCCCCC4)Cc1ccccc1-2. The minimum absolute atomic E-state index is 0.0268. The molecule has 1 aliphatic carbocycles. The Hall–Kier alpha value is -1.94. The molecular formula is C19H18N2OS. The van der Waals surface area contributed by atoms with Gasteiger partial charge in [-0.25, -0.2) is 0 Å². The lowest BCUT2D eigenvalue weighted by Gasteiger charge is -2.09. The second-order valence-corrected chi connectivity index (χ2v) is 7.67. The number of hydrogen-bond donors (Lipinski definition) is 0. The van der Waals surface area contributed by atoms with Crippen molar-refractivity contribution in [2.24, 2.45) is 0 Å². The van der Waals surface area contributed by atoms with Crippen LogP contribution in [0.1, 0.15) is 41.7 Å². The first-order chi connectivity index (χ1) is 11.3. The van der Waals surface area contributed by atoms with E-state index in [1.807, 2.05) is 17.4 Å². The Balaban J connectivity index is 1.81. The molecule has 23 heavy (non-hydrogen) atoms. The molecule has 0 unspecified atom stereocenters. The highest BCUT2D eigenvalue weighted by molar-refractivity contribution is 7.18. The van der Waals surface area contributed by atoms with Gasteiger partial charge in [0.1, 0.15) is 10.7 Å². The molecule has 0 amide bonds. The van der Waals surface area contributed by atoms with Gasteiger partial charge in [0.2, 0.25) is 0 Å². The summed E-state index contributed by atoms with van der Waals surface area (Å²) >= 11 is 1.84. The van der Waals surface area contributed by atoms with Gasteiger partial charge in [-0.1, -0.05) is 37.1 Å². The number of nitrogens with zero attached hydrogens (tertiary/aromatic N) is 2. The standard InChI is InChI=1S/C19H18N2OS/c22-18-16-14-9-3-1-2-4-10-15(14)23-19(16)21-11-12-7-5-6-8-13(12)17(21)20-18/h5-8H,1-4,9-11H2. The zero-order valence-electron chi connectivity index (χ0n) is 13.0. The van der Waals surface area contributed by atoms with Gasteiger partial charge >= 0.3 is 0 Å². The van der Waals surface area contributed by atoms with Crippen LogP contribution in [0.5, 0.6) is 0 Å². The lowest BCUT2D eigenvalue weighted by Crippen LogP contribution is -2.13. The van der Waals surface area contributed by atoms with Crippen molar-refractivity contribution in [3.63, 3.8) is 0 Å². The number of aromatic nitrogens is 2. The first-order valence-corrected chi connectivity index (χ1v) is 9.28. The summed E-state index contributed by atoms with van der Waals surface area (Å²) < 4.78 is 2.26. The minimum atomic E-state index is -0.0268. The van der Waals surface area contributed by atoms with Gasteiger partial charge in [-0.15, -0.1) is 11.3 Å². The lowest BCUT2D eigenvalue weighted by molar-refractivity contribution is 0.623. The van der Waals surface area contributed by atoms with Crippen LogP contribution in [-0.2, 0) is 19.4 Å². The summed E-state index contributed by atoms with van der Waals surface area (Å²) in [5.74, 6) is 0.854. The maximum Gasteiger partial charge on any atom is 0.282 e. The van der Waals surface area contributed by atoms with E-state index in [2.05, 4.69) is 27.8 Å². The number of hydrogen-bond acceptors (Lipinski definition) is 3. The van der Waals surface area contributed by atoms with Crippen molar-refractivity contribution in [2.45, 2.75) is 45.1 Å². The second kappa shape index (κ2) is 5.03. The number of aryl methyl sites for hydroxylation is 2. The first-order valence-electron chi connectivity index (χ1n) is 8.46. The average Bonchev–Trinajstić information content (AvgIpc) is 3.06. The Kier molecular flexibility index (Phi) is 2.95. The molecule has 0 spiro atoms. The predicted octanol–water partition coefficient (Wildman–Crippen LogP) is 4.15. The smallest absolute Gasteiger partial charge is 0.282 e. The highest BCUT2D eigenvalue weighted by Crippen LogP contribution is 2.38.